The van der Waals surface area contributed by atoms with Gasteiger partial charge in [-0.25, -0.2) is 9.97 Å². The lowest BCUT2D eigenvalue weighted by Gasteiger charge is -2.04. The molecule has 90 valence electrons. The molecule has 5 heteroatoms. The van der Waals surface area contributed by atoms with E-state index in [0.29, 0.717) is 5.95 Å². The van der Waals surface area contributed by atoms with Crippen LogP contribution in [0.15, 0.2) is 36.7 Å². The summed E-state index contributed by atoms with van der Waals surface area (Å²) in [4.78, 5) is 8.26. The van der Waals surface area contributed by atoms with Gasteiger partial charge in [0.15, 0.2) is 0 Å². The van der Waals surface area contributed by atoms with E-state index in [4.69, 9.17) is 10.00 Å². The molecule has 18 heavy (non-hydrogen) atoms. The zero-order valence-electron chi connectivity index (χ0n) is 9.92. The van der Waals surface area contributed by atoms with Crippen molar-refractivity contribution in [1.29, 1.82) is 5.26 Å². The highest BCUT2D eigenvalue weighted by Gasteiger charge is 2.00. The molecular weight excluding hydrogens is 228 g/mol. The summed E-state index contributed by atoms with van der Waals surface area (Å²) >= 11 is 0. The van der Waals surface area contributed by atoms with Crippen molar-refractivity contribution in [3.05, 3.63) is 36.7 Å². The number of ether oxygens (including phenoxy) is 1. The maximum atomic E-state index is 8.43. The average Bonchev–Trinajstić information content (AvgIpc) is 2.46. The third-order valence-electron chi connectivity index (χ3n) is 2.40. The van der Waals surface area contributed by atoms with E-state index in [1.807, 2.05) is 30.3 Å². The molecular formula is C13H12N4O. The molecule has 0 amide bonds. The number of nitrogens with one attached hydrogen (secondary N) is 1. The molecule has 0 aliphatic carbocycles. The van der Waals surface area contributed by atoms with E-state index >= 15 is 0 Å². The van der Waals surface area contributed by atoms with Crippen LogP contribution in [-0.4, -0.2) is 23.6 Å². The van der Waals surface area contributed by atoms with Crippen LogP contribution < -0.4 is 10.1 Å². The summed E-state index contributed by atoms with van der Waals surface area (Å²) in [6.07, 6.45) is 3.43. The number of aromatic nitrogens is 2. The van der Waals surface area contributed by atoms with Gasteiger partial charge in [0.05, 0.1) is 13.2 Å². The molecule has 0 fully saturated rings. The fourth-order valence-corrected chi connectivity index (χ4v) is 1.47. The minimum absolute atomic E-state index is 0.196. The Hall–Kier alpha value is -2.61. The first-order chi connectivity index (χ1) is 8.83. The molecule has 0 unspecified atom stereocenters. The zero-order valence-corrected chi connectivity index (χ0v) is 9.92. The molecule has 0 saturated heterocycles. The summed E-state index contributed by atoms with van der Waals surface area (Å²) in [5.41, 5.74) is 1.93. The molecule has 0 aliphatic rings. The van der Waals surface area contributed by atoms with Crippen molar-refractivity contribution in [2.45, 2.75) is 0 Å². The van der Waals surface area contributed by atoms with Gasteiger partial charge < -0.3 is 10.1 Å². The van der Waals surface area contributed by atoms with Crippen LogP contribution in [0.2, 0.25) is 0 Å². The van der Waals surface area contributed by atoms with Gasteiger partial charge in [-0.1, -0.05) is 12.1 Å². The Morgan fingerprint density at radius 1 is 1.17 bits per heavy atom. The van der Waals surface area contributed by atoms with Crippen molar-refractivity contribution in [3.63, 3.8) is 0 Å². The normalized spacial score (nSPS) is 9.56. The first-order valence-corrected chi connectivity index (χ1v) is 5.41. The van der Waals surface area contributed by atoms with E-state index in [-0.39, 0.29) is 6.54 Å². The summed E-state index contributed by atoms with van der Waals surface area (Å²) in [5.74, 6) is 1.26. The van der Waals surface area contributed by atoms with Crippen molar-refractivity contribution in [2.24, 2.45) is 0 Å². The second-order valence-corrected chi connectivity index (χ2v) is 3.54. The summed E-state index contributed by atoms with van der Waals surface area (Å²) in [5, 5.41) is 11.2. The first kappa shape index (κ1) is 11.9. The zero-order chi connectivity index (χ0) is 12.8. The van der Waals surface area contributed by atoms with E-state index in [1.54, 1.807) is 19.5 Å². The number of nitrogens with zero attached hydrogens (tertiary/aromatic N) is 3. The van der Waals surface area contributed by atoms with Crippen molar-refractivity contribution in [2.75, 3.05) is 19.0 Å². The number of hydrogen-bond acceptors (Lipinski definition) is 5. The molecule has 0 spiro atoms. The number of methoxy groups -OCH3 is 1. The Morgan fingerprint density at radius 3 is 2.39 bits per heavy atom. The van der Waals surface area contributed by atoms with E-state index in [1.165, 1.54) is 0 Å². The van der Waals surface area contributed by atoms with Crippen molar-refractivity contribution in [1.82, 2.24) is 9.97 Å². The van der Waals surface area contributed by atoms with E-state index < -0.39 is 0 Å². The van der Waals surface area contributed by atoms with Crippen LogP contribution in [0.4, 0.5) is 5.95 Å². The third kappa shape index (κ3) is 2.74. The Kier molecular flexibility index (Phi) is 3.72. The fourth-order valence-electron chi connectivity index (χ4n) is 1.47. The Labute approximate surface area is 105 Å². The largest absolute Gasteiger partial charge is 0.497 e. The van der Waals surface area contributed by atoms with Crippen LogP contribution in [0.1, 0.15) is 0 Å². The minimum Gasteiger partial charge on any atom is -0.497 e. The molecule has 1 N–H and O–H groups in total. The van der Waals surface area contributed by atoms with Gasteiger partial charge in [-0.2, -0.15) is 5.26 Å². The average molecular weight is 240 g/mol. The number of hydrogen-bond donors (Lipinski definition) is 1. The Bertz CT molecular complexity index is 543. The monoisotopic (exact) mass is 240 g/mol. The van der Waals surface area contributed by atoms with E-state index in [0.717, 1.165) is 16.9 Å². The maximum Gasteiger partial charge on any atom is 0.223 e. The highest BCUT2D eigenvalue weighted by Crippen LogP contribution is 2.21. The third-order valence-corrected chi connectivity index (χ3v) is 2.40. The Balaban J connectivity index is 2.15. The topological polar surface area (TPSA) is 70.8 Å². The second kappa shape index (κ2) is 5.64. The maximum absolute atomic E-state index is 8.43. The van der Waals surface area contributed by atoms with E-state index in [2.05, 4.69) is 15.3 Å². The predicted molar refractivity (Wildman–Crippen MR) is 68.1 cm³/mol. The van der Waals surface area contributed by atoms with Crippen LogP contribution >= 0.6 is 0 Å². The fraction of sp³-hybridized carbons (Fsp3) is 0.154. The summed E-state index contributed by atoms with van der Waals surface area (Å²) < 4.78 is 5.10. The number of nitriles is 1. The molecule has 1 aromatic heterocycles. The smallest absolute Gasteiger partial charge is 0.223 e. The molecule has 0 bridgehead atoms. The lowest BCUT2D eigenvalue weighted by atomic mass is 10.1. The number of rotatable bonds is 4. The molecule has 0 saturated carbocycles. The van der Waals surface area contributed by atoms with E-state index in [9.17, 15) is 0 Å². The first-order valence-electron chi connectivity index (χ1n) is 5.41. The molecule has 1 aromatic carbocycles. The van der Waals surface area contributed by atoms with Crippen LogP contribution in [0.5, 0.6) is 5.75 Å². The van der Waals surface area contributed by atoms with Crippen molar-refractivity contribution < 1.29 is 4.74 Å². The predicted octanol–water partition coefficient (Wildman–Crippen LogP) is 2.09. The van der Waals surface area contributed by atoms with Crippen LogP contribution in [0, 0.1) is 11.3 Å². The standard InChI is InChI=1S/C13H12N4O/c1-18-12-4-2-10(3-5-12)11-8-16-13(17-9-11)15-7-6-14/h2-5,8-9H,7H2,1H3,(H,15,16,17). The summed E-state index contributed by atoms with van der Waals surface area (Å²) in [6, 6.07) is 9.63. The lowest BCUT2D eigenvalue weighted by Crippen LogP contribution is -2.02. The quantitative estimate of drug-likeness (QED) is 0.828. The lowest BCUT2D eigenvalue weighted by molar-refractivity contribution is 0.415. The van der Waals surface area contributed by atoms with Crippen molar-refractivity contribution >= 4 is 5.95 Å². The van der Waals surface area contributed by atoms with Gasteiger partial charge in [0.25, 0.3) is 0 Å². The van der Waals surface area contributed by atoms with Gasteiger partial charge in [-0.05, 0) is 17.7 Å². The highest BCUT2D eigenvalue weighted by atomic mass is 16.5. The summed E-state index contributed by atoms with van der Waals surface area (Å²) in [6.45, 7) is 0.196. The Morgan fingerprint density at radius 2 is 1.83 bits per heavy atom. The van der Waals surface area contributed by atoms with Crippen molar-refractivity contribution in [3.8, 4) is 22.9 Å². The SMILES string of the molecule is COc1ccc(-c2cnc(NCC#N)nc2)cc1. The highest BCUT2D eigenvalue weighted by molar-refractivity contribution is 5.62. The molecule has 0 atom stereocenters. The second-order valence-electron chi connectivity index (χ2n) is 3.54. The van der Waals surface area contributed by atoms with Gasteiger partial charge in [0.1, 0.15) is 12.3 Å². The molecule has 2 rings (SSSR count). The molecule has 0 radical (unpaired) electrons. The van der Waals surface area contributed by atoms with Gasteiger partial charge in [-0.3, -0.25) is 0 Å². The summed E-state index contributed by atoms with van der Waals surface area (Å²) in [7, 11) is 1.63. The molecule has 0 aliphatic heterocycles. The number of benzene rings is 1. The van der Waals surface area contributed by atoms with Crippen LogP contribution in [-0.2, 0) is 0 Å². The van der Waals surface area contributed by atoms with Gasteiger partial charge in [-0.15, -0.1) is 0 Å². The van der Waals surface area contributed by atoms with Crippen LogP contribution in [0.25, 0.3) is 11.1 Å². The molecule has 1 heterocycles. The molecule has 5 nitrogen and oxygen atoms in total. The molecule has 2 aromatic rings. The van der Waals surface area contributed by atoms with Gasteiger partial charge >= 0.3 is 0 Å². The van der Waals surface area contributed by atoms with Gasteiger partial charge in [0, 0.05) is 18.0 Å². The van der Waals surface area contributed by atoms with Crippen LogP contribution in [0.3, 0.4) is 0 Å². The van der Waals surface area contributed by atoms with Gasteiger partial charge in [0.2, 0.25) is 5.95 Å². The number of anilines is 1. The minimum atomic E-state index is 0.196.